The predicted octanol–water partition coefficient (Wildman–Crippen LogP) is 3.98. The van der Waals surface area contributed by atoms with Crippen LogP contribution in [0.15, 0.2) is 48.6 Å². The second-order valence-electron chi connectivity index (χ2n) is 4.74. The molecule has 1 heterocycles. The summed E-state index contributed by atoms with van der Waals surface area (Å²) in [6, 6.07) is 8.67. The van der Waals surface area contributed by atoms with Crippen molar-refractivity contribution in [1.82, 2.24) is 0 Å². The van der Waals surface area contributed by atoms with Crippen LogP contribution in [0, 0.1) is 17.8 Å². The van der Waals surface area contributed by atoms with Crippen molar-refractivity contribution < 1.29 is 0 Å². The van der Waals surface area contributed by atoms with E-state index < -0.39 is 0 Å². The maximum Gasteiger partial charge on any atom is 0.0573 e. The van der Waals surface area contributed by atoms with Crippen LogP contribution in [0.4, 0.5) is 5.69 Å². The molecule has 0 unspecified atom stereocenters. The van der Waals surface area contributed by atoms with Crippen molar-refractivity contribution in [3.8, 4) is 11.8 Å². The Bertz CT molecular complexity index is 543. The molecule has 1 nitrogen and oxygen atoms in total. The van der Waals surface area contributed by atoms with Gasteiger partial charge in [0.1, 0.15) is 0 Å². The van der Waals surface area contributed by atoms with E-state index in [1.165, 1.54) is 17.2 Å². The van der Waals surface area contributed by atoms with Crippen LogP contribution in [-0.2, 0) is 0 Å². The van der Waals surface area contributed by atoms with Gasteiger partial charge in [0.05, 0.1) is 5.92 Å². The fraction of sp³-hybridized carbons (Fsp3) is 0.294. The highest BCUT2D eigenvalue weighted by Crippen LogP contribution is 2.26. The van der Waals surface area contributed by atoms with E-state index >= 15 is 0 Å². The Kier molecular flexibility index (Phi) is 4.78. The van der Waals surface area contributed by atoms with Crippen LogP contribution in [-0.4, -0.2) is 24.6 Å². The zero-order valence-corrected chi connectivity index (χ0v) is 12.9. The van der Waals surface area contributed by atoms with Gasteiger partial charge >= 0.3 is 0 Å². The van der Waals surface area contributed by atoms with Gasteiger partial charge in [0.2, 0.25) is 0 Å². The third-order valence-corrected chi connectivity index (χ3v) is 5.70. The first-order valence-corrected chi connectivity index (χ1v) is 9.36. The highest BCUT2D eigenvalue weighted by Gasteiger charge is 2.09. The van der Waals surface area contributed by atoms with Crippen LogP contribution in [0.25, 0.3) is 0 Å². The normalized spacial score (nSPS) is 18.7. The van der Waals surface area contributed by atoms with Gasteiger partial charge in [0, 0.05) is 35.8 Å². The zero-order valence-electron chi connectivity index (χ0n) is 11.3. The molecule has 2 aliphatic rings. The van der Waals surface area contributed by atoms with E-state index in [1.54, 1.807) is 0 Å². The molecule has 102 valence electrons. The lowest BCUT2D eigenvalue weighted by molar-refractivity contribution is 0.884. The fourth-order valence-electron chi connectivity index (χ4n) is 2.23. The number of allylic oxidation sites excluding steroid dienone is 4. The van der Waals surface area contributed by atoms with Crippen molar-refractivity contribution in [1.29, 1.82) is 0 Å². The highest BCUT2D eigenvalue weighted by molar-refractivity contribution is 8.76. The number of rotatable bonds is 1. The molecule has 0 N–H and O–H groups in total. The average molecular weight is 299 g/mol. The molecule has 0 aromatic heterocycles. The largest absolute Gasteiger partial charge is 0.370 e. The van der Waals surface area contributed by atoms with Gasteiger partial charge in [-0.25, -0.2) is 0 Å². The van der Waals surface area contributed by atoms with Crippen molar-refractivity contribution in [3.05, 3.63) is 54.1 Å². The minimum Gasteiger partial charge on any atom is -0.370 e. The van der Waals surface area contributed by atoms with Crippen molar-refractivity contribution in [2.75, 3.05) is 29.5 Å². The topological polar surface area (TPSA) is 3.24 Å². The third-order valence-electron chi connectivity index (χ3n) is 3.34. The Morgan fingerprint density at radius 3 is 2.25 bits per heavy atom. The maximum absolute atomic E-state index is 3.26. The first kappa shape index (κ1) is 13.7. The molecule has 1 saturated heterocycles. The molecule has 0 atom stereocenters. The Balaban J connectivity index is 1.67. The highest BCUT2D eigenvalue weighted by atomic mass is 33.1. The first-order valence-electron chi connectivity index (χ1n) is 6.88. The van der Waals surface area contributed by atoms with Crippen LogP contribution < -0.4 is 4.90 Å². The van der Waals surface area contributed by atoms with Crippen LogP contribution in [0.1, 0.15) is 5.56 Å². The SMILES string of the molecule is C(#CC1C=CC=C1)c1ccc(N2CCSSCC2)cc1. The minimum atomic E-state index is 0.286. The summed E-state index contributed by atoms with van der Waals surface area (Å²) in [5.74, 6) is 9.20. The lowest BCUT2D eigenvalue weighted by atomic mass is 10.1. The lowest BCUT2D eigenvalue weighted by Crippen LogP contribution is -2.26. The number of nitrogens with zero attached hydrogens (tertiary/aromatic N) is 1. The minimum absolute atomic E-state index is 0.286. The standard InChI is InChI=1S/C17H17NS2/c1-2-4-15(3-1)5-6-16-7-9-17(10-8-16)18-11-13-19-20-14-12-18/h1-4,7-10,15H,11-14H2. The molecule has 1 aliphatic heterocycles. The number of hydrogen-bond donors (Lipinski definition) is 0. The molecule has 0 saturated carbocycles. The van der Waals surface area contributed by atoms with Crippen LogP contribution in [0.2, 0.25) is 0 Å². The van der Waals surface area contributed by atoms with Gasteiger partial charge in [-0.1, -0.05) is 57.7 Å². The molecule has 1 aliphatic carbocycles. The van der Waals surface area contributed by atoms with Crippen LogP contribution in [0.5, 0.6) is 0 Å². The average Bonchev–Trinajstić information content (AvgIpc) is 2.86. The first-order chi connectivity index (χ1) is 9.92. The van der Waals surface area contributed by atoms with Gasteiger partial charge < -0.3 is 4.90 Å². The molecule has 0 radical (unpaired) electrons. The summed E-state index contributed by atoms with van der Waals surface area (Å²) in [5.41, 5.74) is 2.42. The van der Waals surface area contributed by atoms with Gasteiger partial charge in [-0.05, 0) is 24.3 Å². The number of benzene rings is 1. The molecule has 0 bridgehead atoms. The lowest BCUT2D eigenvalue weighted by Gasteiger charge is -2.21. The summed E-state index contributed by atoms with van der Waals surface area (Å²) in [4.78, 5) is 2.46. The summed E-state index contributed by atoms with van der Waals surface area (Å²) in [5, 5.41) is 0. The Hall–Kier alpha value is -1.24. The Morgan fingerprint density at radius 1 is 0.950 bits per heavy atom. The molecule has 20 heavy (non-hydrogen) atoms. The van der Waals surface area contributed by atoms with Crippen molar-refractivity contribution >= 4 is 27.3 Å². The quantitative estimate of drug-likeness (QED) is 0.570. The van der Waals surface area contributed by atoms with E-state index in [-0.39, 0.29) is 5.92 Å². The van der Waals surface area contributed by atoms with Gasteiger partial charge in [0.25, 0.3) is 0 Å². The summed E-state index contributed by atoms with van der Waals surface area (Å²) in [6.45, 7) is 2.28. The third kappa shape index (κ3) is 3.65. The molecule has 0 spiro atoms. The van der Waals surface area contributed by atoms with Gasteiger partial charge in [0.15, 0.2) is 0 Å². The monoisotopic (exact) mass is 299 g/mol. The molecular formula is C17H17NS2. The van der Waals surface area contributed by atoms with Crippen LogP contribution in [0.3, 0.4) is 0 Å². The maximum atomic E-state index is 3.26. The number of hydrogen-bond acceptors (Lipinski definition) is 3. The molecule has 1 aromatic carbocycles. The van der Waals surface area contributed by atoms with Crippen molar-refractivity contribution in [2.24, 2.45) is 5.92 Å². The van der Waals surface area contributed by atoms with E-state index in [2.05, 4.69) is 65.3 Å². The molecule has 3 heteroatoms. The van der Waals surface area contributed by atoms with E-state index in [1.807, 2.05) is 21.6 Å². The molecule has 0 amide bonds. The van der Waals surface area contributed by atoms with Crippen molar-refractivity contribution in [3.63, 3.8) is 0 Å². The summed E-state index contributed by atoms with van der Waals surface area (Å²) >= 11 is 0. The van der Waals surface area contributed by atoms with Crippen LogP contribution >= 0.6 is 21.6 Å². The molecular weight excluding hydrogens is 282 g/mol. The zero-order chi connectivity index (χ0) is 13.6. The van der Waals surface area contributed by atoms with Gasteiger partial charge in [-0.15, -0.1) is 0 Å². The van der Waals surface area contributed by atoms with E-state index in [0.717, 1.165) is 18.7 Å². The van der Waals surface area contributed by atoms with E-state index in [4.69, 9.17) is 0 Å². The fourth-order valence-corrected chi connectivity index (χ4v) is 4.21. The van der Waals surface area contributed by atoms with E-state index in [0.29, 0.717) is 0 Å². The van der Waals surface area contributed by atoms with Gasteiger partial charge in [-0.2, -0.15) is 0 Å². The molecule has 1 aromatic rings. The molecule has 3 rings (SSSR count). The van der Waals surface area contributed by atoms with Crippen molar-refractivity contribution in [2.45, 2.75) is 0 Å². The Morgan fingerprint density at radius 2 is 1.60 bits per heavy atom. The molecule has 1 fully saturated rings. The predicted molar refractivity (Wildman–Crippen MR) is 92.2 cm³/mol. The summed E-state index contributed by atoms with van der Waals surface area (Å²) in [7, 11) is 3.96. The smallest absolute Gasteiger partial charge is 0.0573 e. The number of anilines is 1. The second-order valence-corrected chi connectivity index (χ2v) is 7.44. The summed E-state index contributed by atoms with van der Waals surface area (Å²) in [6.07, 6.45) is 8.34. The van der Waals surface area contributed by atoms with E-state index in [9.17, 15) is 0 Å². The Labute approximate surface area is 128 Å². The second kappa shape index (κ2) is 6.97. The summed E-state index contributed by atoms with van der Waals surface area (Å²) < 4.78 is 0. The van der Waals surface area contributed by atoms with Gasteiger partial charge in [-0.3, -0.25) is 0 Å².